The molecule has 0 radical (unpaired) electrons. The van der Waals surface area contributed by atoms with E-state index in [0.29, 0.717) is 5.02 Å². The molecule has 0 atom stereocenters. The van der Waals surface area contributed by atoms with E-state index in [1.807, 2.05) is 6.07 Å². The van der Waals surface area contributed by atoms with E-state index >= 15 is 0 Å². The summed E-state index contributed by atoms with van der Waals surface area (Å²) in [5.41, 5.74) is 0.819. The maximum Gasteiger partial charge on any atom is 0.117 e. The molecule has 1 aromatic carbocycles. The van der Waals surface area contributed by atoms with E-state index in [2.05, 4.69) is 5.92 Å². The number of phenolic OH excluding ortho intramolecular Hbond substituents is 1. The van der Waals surface area contributed by atoms with E-state index in [1.165, 1.54) is 6.07 Å². The van der Waals surface area contributed by atoms with E-state index in [1.54, 1.807) is 6.07 Å². The van der Waals surface area contributed by atoms with Crippen LogP contribution in [0.5, 0.6) is 5.75 Å². The van der Waals surface area contributed by atoms with Gasteiger partial charge in [-0.3, -0.25) is 0 Å². The van der Waals surface area contributed by atoms with Crippen LogP contribution in [0, 0.1) is 12.3 Å². The Morgan fingerprint density at radius 1 is 1.46 bits per heavy atom. The second kappa shape index (κ2) is 2.68. The predicted octanol–water partition coefficient (Wildman–Crippen LogP) is 2.71. The van der Waals surface area contributed by atoms with Crippen molar-refractivity contribution in [3.05, 3.63) is 28.8 Å². The third kappa shape index (κ3) is 1.28. The molecule has 13 heavy (non-hydrogen) atoms. The van der Waals surface area contributed by atoms with Gasteiger partial charge in [-0.25, -0.2) is 0 Å². The average molecular weight is 193 g/mol. The van der Waals surface area contributed by atoms with Gasteiger partial charge in [0.2, 0.25) is 0 Å². The highest BCUT2D eigenvalue weighted by Gasteiger charge is 2.43. The van der Waals surface area contributed by atoms with E-state index in [-0.39, 0.29) is 11.2 Å². The highest BCUT2D eigenvalue weighted by molar-refractivity contribution is 6.31. The molecule has 0 amide bonds. The van der Waals surface area contributed by atoms with Crippen molar-refractivity contribution in [3.8, 4) is 18.1 Å². The minimum atomic E-state index is -0.148. The molecule has 1 N–H and O–H groups in total. The minimum Gasteiger partial charge on any atom is -0.508 e. The molecule has 1 saturated carbocycles. The lowest BCUT2D eigenvalue weighted by Gasteiger charge is -2.09. The number of aromatic hydroxyl groups is 1. The van der Waals surface area contributed by atoms with Crippen LogP contribution in [-0.4, -0.2) is 5.11 Å². The summed E-state index contributed by atoms with van der Waals surface area (Å²) in [7, 11) is 0. The van der Waals surface area contributed by atoms with Gasteiger partial charge >= 0.3 is 0 Å². The average Bonchev–Trinajstić information content (AvgIpc) is 2.85. The van der Waals surface area contributed by atoms with Crippen LogP contribution in [0.1, 0.15) is 18.4 Å². The van der Waals surface area contributed by atoms with Gasteiger partial charge in [-0.05, 0) is 30.5 Å². The Balaban J connectivity index is 2.48. The molecular formula is C11H9ClO. The number of hydrogen-bond donors (Lipinski definition) is 1. The first-order valence-electron chi connectivity index (χ1n) is 4.15. The Morgan fingerprint density at radius 3 is 2.62 bits per heavy atom. The fourth-order valence-electron chi connectivity index (χ4n) is 1.51. The molecule has 2 rings (SSSR count). The van der Waals surface area contributed by atoms with Gasteiger partial charge in [0.25, 0.3) is 0 Å². The number of rotatable bonds is 1. The molecule has 1 fully saturated rings. The van der Waals surface area contributed by atoms with E-state index in [0.717, 1.165) is 18.4 Å². The van der Waals surface area contributed by atoms with Crippen LogP contribution < -0.4 is 0 Å². The van der Waals surface area contributed by atoms with Crippen LogP contribution in [-0.2, 0) is 5.41 Å². The topological polar surface area (TPSA) is 20.2 Å². The van der Waals surface area contributed by atoms with Crippen LogP contribution >= 0.6 is 11.6 Å². The van der Waals surface area contributed by atoms with Crippen LogP contribution in [0.2, 0.25) is 5.02 Å². The Kier molecular flexibility index (Phi) is 1.75. The monoisotopic (exact) mass is 192 g/mol. The van der Waals surface area contributed by atoms with Gasteiger partial charge in [0.1, 0.15) is 5.75 Å². The molecule has 1 aromatic rings. The van der Waals surface area contributed by atoms with Crippen molar-refractivity contribution in [3.63, 3.8) is 0 Å². The standard InChI is InChI=1S/C11H9ClO/c1-2-11(5-6-11)9-4-3-8(13)7-10(9)12/h1,3-4,7,13H,5-6H2. The van der Waals surface area contributed by atoms with Crippen LogP contribution in [0.15, 0.2) is 18.2 Å². The second-order valence-electron chi connectivity index (χ2n) is 3.39. The fraction of sp³-hybridized carbons (Fsp3) is 0.273. The molecule has 66 valence electrons. The van der Waals surface area contributed by atoms with Crippen LogP contribution in [0.4, 0.5) is 0 Å². The number of halogens is 1. The highest BCUT2D eigenvalue weighted by atomic mass is 35.5. The number of hydrogen-bond acceptors (Lipinski definition) is 1. The summed E-state index contributed by atoms with van der Waals surface area (Å²) in [6, 6.07) is 4.97. The molecule has 2 heteroatoms. The maximum absolute atomic E-state index is 9.16. The highest BCUT2D eigenvalue weighted by Crippen LogP contribution is 2.50. The lowest BCUT2D eigenvalue weighted by Crippen LogP contribution is -2.02. The Labute approximate surface area is 82.3 Å². The Bertz CT molecular complexity index is 386. The molecule has 0 aliphatic heterocycles. The molecular weight excluding hydrogens is 184 g/mol. The van der Waals surface area contributed by atoms with E-state index < -0.39 is 0 Å². The summed E-state index contributed by atoms with van der Waals surface area (Å²) in [6.07, 6.45) is 7.42. The zero-order chi connectivity index (χ0) is 9.47. The number of terminal acetylenes is 1. The summed E-state index contributed by atoms with van der Waals surface area (Å²) < 4.78 is 0. The van der Waals surface area contributed by atoms with Gasteiger partial charge in [-0.2, -0.15) is 0 Å². The van der Waals surface area contributed by atoms with Gasteiger partial charge in [0.05, 0.1) is 5.41 Å². The number of benzene rings is 1. The van der Waals surface area contributed by atoms with Crippen molar-refractivity contribution in [2.24, 2.45) is 0 Å². The normalized spacial score (nSPS) is 17.8. The fourth-order valence-corrected chi connectivity index (χ4v) is 1.86. The smallest absolute Gasteiger partial charge is 0.117 e. The zero-order valence-electron chi connectivity index (χ0n) is 7.05. The minimum absolute atomic E-state index is 0.148. The second-order valence-corrected chi connectivity index (χ2v) is 3.80. The zero-order valence-corrected chi connectivity index (χ0v) is 7.80. The molecule has 1 nitrogen and oxygen atoms in total. The van der Waals surface area contributed by atoms with E-state index in [9.17, 15) is 0 Å². The SMILES string of the molecule is C#CC1(c2ccc(O)cc2Cl)CC1. The van der Waals surface area contributed by atoms with Crippen molar-refractivity contribution in [2.75, 3.05) is 0 Å². The Hall–Kier alpha value is -1.13. The molecule has 0 saturated heterocycles. The van der Waals surface area contributed by atoms with Crippen LogP contribution in [0.3, 0.4) is 0 Å². The van der Waals surface area contributed by atoms with Gasteiger partial charge in [-0.1, -0.05) is 23.6 Å². The van der Waals surface area contributed by atoms with Crippen molar-refractivity contribution in [2.45, 2.75) is 18.3 Å². The van der Waals surface area contributed by atoms with Crippen molar-refractivity contribution in [1.29, 1.82) is 0 Å². The largest absolute Gasteiger partial charge is 0.508 e. The molecule has 1 aliphatic rings. The van der Waals surface area contributed by atoms with Gasteiger partial charge in [0, 0.05) is 5.02 Å². The predicted molar refractivity (Wildman–Crippen MR) is 52.9 cm³/mol. The summed E-state index contributed by atoms with van der Waals surface area (Å²) in [4.78, 5) is 0. The molecule has 1 aliphatic carbocycles. The molecule has 0 heterocycles. The lowest BCUT2D eigenvalue weighted by molar-refractivity contribution is 0.475. The summed E-state index contributed by atoms with van der Waals surface area (Å²) in [6.45, 7) is 0. The van der Waals surface area contributed by atoms with Crippen LogP contribution in [0.25, 0.3) is 0 Å². The van der Waals surface area contributed by atoms with Gasteiger partial charge in [0.15, 0.2) is 0 Å². The third-order valence-electron chi connectivity index (χ3n) is 2.49. The Morgan fingerprint density at radius 2 is 2.15 bits per heavy atom. The first-order valence-corrected chi connectivity index (χ1v) is 4.52. The summed E-state index contributed by atoms with van der Waals surface area (Å²) >= 11 is 5.98. The van der Waals surface area contributed by atoms with E-state index in [4.69, 9.17) is 23.1 Å². The van der Waals surface area contributed by atoms with Crippen molar-refractivity contribution < 1.29 is 5.11 Å². The molecule has 0 aromatic heterocycles. The first-order chi connectivity index (χ1) is 6.18. The first kappa shape index (κ1) is 8.47. The molecule has 0 unspecified atom stereocenters. The van der Waals surface area contributed by atoms with Crippen molar-refractivity contribution in [1.82, 2.24) is 0 Å². The molecule has 0 spiro atoms. The number of phenols is 1. The molecule has 0 bridgehead atoms. The third-order valence-corrected chi connectivity index (χ3v) is 2.81. The van der Waals surface area contributed by atoms with Gasteiger partial charge in [-0.15, -0.1) is 6.42 Å². The van der Waals surface area contributed by atoms with Crippen molar-refractivity contribution >= 4 is 11.6 Å². The van der Waals surface area contributed by atoms with Gasteiger partial charge < -0.3 is 5.11 Å². The maximum atomic E-state index is 9.16. The lowest BCUT2D eigenvalue weighted by atomic mass is 9.97. The summed E-state index contributed by atoms with van der Waals surface area (Å²) in [5, 5.41) is 9.73. The quantitative estimate of drug-likeness (QED) is 0.679. The summed E-state index contributed by atoms with van der Waals surface area (Å²) in [5.74, 6) is 2.94.